The molecule has 8 nitrogen and oxygen atoms in total. The molecule has 8 heteroatoms. The normalized spacial score (nSPS) is 17.8. The molecule has 5 heterocycles. The summed E-state index contributed by atoms with van der Waals surface area (Å²) in [4.78, 5) is 24.5. The first-order valence-corrected chi connectivity index (χ1v) is 10.9. The molecule has 0 bridgehead atoms. The highest BCUT2D eigenvalue weighted by Crippen LogP contribution is 2.32. The molecule has 2 aliphatic rings. The third-order valence-electron chi connectivity index (χ3n) is 6.21. The van der Waals surface area contributed by atoms with E-state index < -0.39 is 0 Å². The fraction of sp³-hybridized carbons (Fsp3) is 0.292. The molecule has 6 rings (SSSR count). The molecule has 0 saturated carbocycles. The Morgan fingerprint density at radius 1 is 1.12 bits per heavy atom. The molecule has 1 atom stereocenters. The van der Waals surface area contributed by atoms with E-state index in [4.69, 9.17) is 14.5 Å². The van der Waals surface area contributed by atoms with Crippen molar-refractivity contribution in [3.05, 3.63) is 60.4 Å². The first-order chi connectivity index (χ1) is 15.8. The lowest BCUT2D eigenvalue weighted by atomic mass is 9.97. The number of hydrogen-bond donors (Lipinski definition) is 1. The minimum Gasteiger partial charge on any atom is -0.454 e. The predicted molar refractivity (Wildman–Crippen MR) is 120 cm³/mol. The number of fused-ring (bicyclic) bond motifs is 4. The predicted octanol–water partition coefficient (Wildman–Crippen LogP) is 3.14. The highest BCUT2D eigenvalue weighted by Gasteiger charge is 2.28. The Bertz CT molecular complexity index is 1320. The monoisotopic (exact) mass is 429 g/mol. The Labute approximate surface area is 184 Å². The van der Waals surface area contributed by atoms with Crippen LogP contribution >= 0.6 is 0 Å². The third kappa shape index (κ3) is 3.28. The van der Waals surface area contributed by atoms with Crippen molar-refractivity contribution in [2.75, 3.05) is 24.8 Å². The average Bonchev–Trinajstić information content (AvgIpc) is 3.51. The van der Waals surface area contributed by atoms with Crippen LogP contribution in [-0.2, 0) is 11.3 Å². The summed E-state index contributed by atoms with van der Waals surface area (Å²) < 4.78 is 12.9. The maximum atomic E-state index is 13.0. The summed E-state index contributed by atoms with van der Waals surface area (Å²) in [5.41, 5.74) is 3.71. The lowest BCUT2D eigenvalue weighted by Crippen LogP contribution is -2.43. The summed E-state index contributed by atoms with van der Waals surface area (Å²) in [5, 5.41) is 3.09. The van der Waals surface area contributed by atoms with Crippen molar-refractivity contribution in [3.8, 4) is 11.5 Å². The van der Waals surface area contributed by atoms with Crippen LogP contribution in [0.3, 0.4) is 0 Å². The zero-order chi connectivity index (χ0) is 21.5. The fourth-order valence-electron chi connectivity index (χ4n) is 4.59. The number of anilines is 1. The van der Waals surface area contributed by atoms with Gasteiger partial charge in [-0.2, -0.15) is 0 Å². The van der Waals surface area contributed by atoms with Gasteiger partial charge in [-0.25, -0.2) is 9.97 Å². The van der Waals surface area contributed by atoms with Gasteiger partial charge in [0, 0.05) is 32.0 Å². The minimum atomic E-state index is -0.0889. The second-order valence-electron chi connectivity index (χ2n) is 8.24. The summed E-state index contributed by atoms with van der Waals surface area (Å²) in [6.07, 6.45) is 5.60. The van der Waals surface area contributed by atoms with Crippen LogP contribution < -0.4 is 19.7 Å². The second kappa shape index (κ2) is 7.71. The van der Waals surface area contributed by atoms with Crippen LogP contribution in [0, 0.1) is 5.92 Å². The Morgan fingerprint density at radius 2 is 2.03 bits per heavy atom. The van der Waals surface area contributed by atoms with E-state index in [-0.39, 0.29) is 18.6 Å². The number of pyridine rings is 1. The van der Waals surface area contributed by atoms with Crippen LogP contribution in [0.5, 0.6) is 11.5 Å². The number of rotatable bonds is 4. The molecular weight excluding hydrogens is 406 g/mol. The highest BCUT2D eigenvalue weighted by molar-refractivity contribution is 5.84. The molecule has 162 valence electrons. The van der Waals surface area contributed by atoms with Gasteiger partial charge in [-0.1, -0.05) is 6.07 Å². The van der Waals surface area contributed by atoms with E-state index in [0.717, 1.165) is 53.3 Å². The lowest BCUT2D eigenvalue weighted by Gasteiger charge is -2.33. The largest absolute Gasteiger partial charge is 0.454 e. The van der Waals surface area contributed by atoms with E-state index in [1.54, 1.807) is 6.20 Å². The first kappa shape index (κ1) is 18.9. The van der Waals surface area contributed by atoms with Crippen molar-refractivity contribution < 1.29 is 14.3 Å². The number of ether oxygens (including phenoxy) is 2. The molecule has 0 radical (unpaired) electrons. The van der Waals surface area contributed by atoms with Crippen LogP contribution in [0.1, 0.15) is 18.4 Å². The number of piperidine rings is 1. The zero-order valence-corrected chi connectivity index (χ0v) is 17.5. The molecular formula is C24H23N5O3. The Hall–Kier alpha value is -3.81. The van der Waals surface area contributed by atoms with Gasteiger partial charge in [0.15, 0.2) is 23.0 Å². The van der Waals surface area contributed by atoms with Crippen molar-refractivity contribution in [2.24, 2.45) is 5.92 Å². The van der Waals surface area contributed by atoms with Crippen molar-refractivity contribution in [3.63, 3.8) is 0 Å². The van der Waals surface area contributed by atoms with E-state index in [0.29, 0.717) is 18.7 Å². The molecule has 3 aromatic heterocycles. The van der Waals surface area contributed by atoms with Crippen molar-refractivity contribution >= 4 is 28.4 Å². The molecule has 1 saturated heterocycles. The molecule has 4 aromatic rings. The molecule has 0 aliphatic carbocycles. The van der Waals surface area contributed by atoms with Crippen LogP contribution in [-0.4, -0.2) is 40.2 Å². The van der Waals surface area contributed by atoms with Crippen molar-refractivity contribution in [1.82, 2.24) is 19.7 Å². The van der Waals surface area contributed by atoms with Gasteiger partial charge in [-0.15, -0.1) is 0 Å². The minimum absolute atomic E-state index is 0.0673. The standard InChI is InChI=1S/C24H23N5O3/c30-24(26-13-16-7-8-20-21(12-16)32-15-31-20)17-4-2-10-28(14-17)23-19-6-3-11-29(19)18-5-1-9-25-22(18)27-23/h1,3,5-9,11-12,17H,2,4,10,13-15H2,(H,26,30)/t17-/m0/s1. The number of hydrogen-bond acceptors (Lipinski definition) is 6. The van der Waals surface area contributed by atoms with Crippen LogP contribution in [0.25, 0.3) is 16.7 Å². The highest BCUT2D eigenvalue weighted by atomic mass is 16.7. The summed E-state index contributed by atoms with van der Waals surface area (Å²) in [7, 11) is 0. The smallest absolute Gasteiger partial charge is 0.231 e. The molecule has 1 fully saturated rings. The number of carbonyl (C=O) groups is 1. The van der Waals surface area contributed by atoms with Crippen LogP contribution in [0.2, 0.25) is 0 Å². The Balaban J connectivity index is 1.19. The van der Waals surface area contributed by atoms with Gasteiger partial charge < -0.3 is 24.1 Å². The van der Waals surface area contributed by atoms with Gasteiger partial charge in [0.2, 0.25) is 12.7 Å². The molecule has 0 unspecified atom stereocenters. The molecule has 1 aromatic carbocycles. The second-order valence-corrected chi connectivity index (χ2v) is 8.24. The Kier molecular flexibility index (Phi) is 4.56. The summed E-state index contributed by atoms with van der Waals surface area (Å²) in [5.74, 6) is 2.34. The lowest BCUT2D eigenvalue weighted by molar-refractivity contribution is -0.125. The zero-order valence-electron chi connectivity index (χ0n) is 17.5. The number of benzene rings is 1. The van der Waals surface area contributed by atoms with Crippen LogP contribution in [0.15, 0.2) is 54.9 Å². The van der Waals surface area contributed by atoms with Gasteiger partial charge in [0.1, 0.15) is 0 Å². The van der Waals surface area contributed by atoms with E-state index in [9.17, 15) is 4.79 Å². The summed E-state index contributed by atoms with van der Waals surface area (Å²) in [6, 6.07) is 13.8. The molecule has 32 heavy (non-hydrogen) atoms. The molecule has 1 amide bonds. The quantitative estimate of drug-likeness (QED) is 0.537. The number of amides is 1. The van der Waals surface area contributed by atoms with Gasteiger partial charge >= 0.3 is 0 Å². The van der Waals surface area contributed by atoms with E-state index in [1.807, 2.05) is 42.6 Å². The van der Waals surface area contributed by atoms with E-state index >= 15 is 0 Å². The number of nitrogens with one attached hydrogen (secondary N) is 1. The maximum absolute atomic E-state index is 13.0. The SMILES string of the molecule is O=C(NCc1ccc2c(c1)OCO2)[C@H]1CCCN(c2nc3ncccc3n3cccc23)C1. The molecule has 2 aliphatic heterocycles. The number of carbonyl (C=O) groups excluding carboxylic acids is 1. The van der Waals surface area contributed by atoms with Crippen molar-refractivity contribution in [2.45, 2.75) is 19.4 Å². The maximum Gasteiger partial charge on any atom is 0.231 e. The molecule has 0 spiro atoms. The summed E-state index contributed by atoms with van der Waals surface area (Å²) in [6.45, 7) is 2.22. The molecule has 1 N–H and O–H groups in total. The van der Waals surface area contributed by atoms with Crippen LogP contribution in [0.4, 0.5) is 5.82 Å². The van der Waals surface area contributed by atoms with Gasteiger partial charge in [-0.3, -0.25) is 4.79 Å². The van der Waals surface area contributed by atoms with E-state index in [1.165, 1.54) is 0 Å². The van der Waals surface area contributed by atoms with Gasteiger partial charge in [0.05, 0.1) is 17.0 Å². The summed E-state index contributed by atoms with van der Waals surface area (Å²) >= 11 is 0. The van der Waals surface area contributed by atoms with Gasteiger partial charge in [-0.05, 0) is 54.8 Å². The first-order valence-electron chi connectivity index (χ1n) is 10.9. The fourth-order valence-corrected chi connectivity index (χ4v) is 4.59. The Morgan fingerprint density at radius 3 is 3.00 bits per heavy atom. The van der Waals surface area contributed by atoms with Gasteiger partial charge in [0.25, 0.3) is 0 Å². The average molecular weight is 429 g/mol. The third-order valence-corrected chi connectivity index (χ3v) is 6.21. The number of nitrogens with zero attached hydrogens (tertiary/aromatic N) is 4. The number of aromatic nitrogens is 3. The van der Waals surface area contributed by atoms with Crippen molar-refractivity contribution in [1.29, 1.82) is 0 Å². The topological polar surface area (TPSA) is 81.0 Å². The van der Waals surface area contributed by atoms with E-state index in [2.05, 4.69) is 25.7 Å².